The number of ketones is 1. The zero-order valence-corrected chi connectivity index (χ0v) is 17.1. The van der Waals surface area contributed by atoms with Gasteiger partial charge in [0.1, 0.15) is 6.17 Å². The third kappa shape index (κ3) is 4.42. The van der Waals surface area contributed by atoms with Gasteiger partial charge in [0, 0.05) is 16.3 Å². The number of hydrogen-bond donors (Lipinski definition) is 3. The molecule has 0 radical (unpaired) electrons. The van der Waals surface area contributed by atoms with Gasteiger partial charge in [0.2, 0.25) is 0 Å². The Kier molecular flexibility index (Phi) is 5.79. The zero-order valence-electron chi connectivity index (χ0n) is 15.5. The van der Waals surface area contributed by atoms with E-state index in [1.54, 1.807) is 0 Å². The van der Waals surface area contributed by atoms with Crippen LogP contribution < -0.4 is 16.0 Å². The van der Waals surface area contributed by atoms with Crippen molar-refractivity contribution >= 4 is 40.4 Å². The van der Waals surface area contributed by atoms with Crippen molar-refractivity contribution in [2.75, 3.05) is 5.32 Å². The first-order chi connectivity index (χ1) is 14.1. The molecule has 3 N–H and O–H groups in total. The summed E-state index contributed by atoms with van der Waals surface area (Å²) in [6.07, 6.45) is -0.386. The summed E-state index contributed by atoms with van der Waals surface area (Å²) in [5, 5.41) is 11.1. The molecule has 0 aromatic heterocycles. The summed E-state index contributed by atoms with van der Waals surface area (Å²) in [4.78, 5) is 13.6. The number of Topliss-reactive ketones (excluding diaryl/α,β-unsaturated/α-hetero) is 1. The maximum Gasteiger partial charge on any atom is 0.172 e. The SMILES string of the molecule is O=C(c1ccccc1)[C@H]1[C@@H](Nc2ccc(Cl)cc2)NC(=S)N[C@H]1c1ccccc1. The number of halogens is 1. The van der Waals surface area contributed by atoms with E-state index in [1.165, 1.54) is 0 Å². The summed E-state index contributed by atoms with van der Waals surface area (Å²) >= 11 is 11.5. The summed E-state index contributed by atoms with van der Waals surface area (Å²) < 4.78 is 0. The van der Waals surface area contributed by atoms with E-state index < -0.39 is 5.92 Å². The van der Waals surface area contributed by atoms with Crippen molar-refractivity contribution in [3.8, 4) is 0 Å². The first kappa shape index (κ1) is 19.4. The molecule has 0 saturated carbocycles. The molecule has 3 atom stereocenters. The van der Waals surface area contributed by atoms with Gasteiger partial charge in [0.05, 0.1) is 12.0 Å². The van der Waals surface area contributed by atoms with Gasteiger partial charge in [-0.25, -0.2) is 0 Å². The predicted molar refractivity (Wildman–Crippen MR) is 121 cm³/mol. The Morgan fingerprint density at radius 2 is 1.48 bits per heavy atom. The van der Waals surface area contributed by atoms with Crippen molar-refractivity contribution in [1.82, 2.24) is 10.6 Å². The lowest BCUT2D eigenvalue weighted by Gasteiger charge is -2.40. The highest BCUT2D eigenvalue weighted by Crippen LogP contribution is 2.31. The average molecular weight is 422 g/mol. The summed E-state index contributed by atoms with van der Waals surface area (Å²) in [5.74, 6) is -0.393. The zero-order chi connectivity index (χ0) is 20.2. The second kappa shape index (κ2) is 8.64. The highest BCUT2D eigenvalue weighted by atomic mass is 35.5. The Labute approximate surface area is 180 Å². The lowest BCUT2D eigenvalue weighted by molar-refractivity contribution is 0.0862. The lowest BCUT2D eigenvalue weighted by Crippen LogP contribution is -2.61. The van der Waals surface area contributed by atoms with Gasteiger partial charge in [-0.05, 0) is 42.0 Å². The number of nitrogens with one attached hydrogen (secondary N) is 3. The van der Waals surface area contributed by atoms with Crippen molar-refractivity contribution in [1.29, 1.82) is 0 Å². The number of hydrogen-bond acceptors (Lipinski definition) is 3. The largest absolute Gasteiger partial charge is 0.365 e. The van der Waals surface area contributed by atoms with Gasteiger partial charge in [0.25, 0.3) is 0 Å². The summed E-state index contributed by atoms with van der Waals surface area (Å²) in [6.45, 7) is 0. The molecule has 1 heterocycles. The fraction of sp³-hybridized carbons (Fsp3) is 0.130. The summed E-state index contributed by atoms with van der Waals surface area (Å²) in [6, 6.07) is 26.4. The van der Waals surface area contributed by atoms with Crippen LogP contribution in [0.25, 0.3) is 0 Å². The minimum absolute atomic E-state index is 0.0356. The Balaban J connectivity index is 1.73. The molecule has 1 fully saturated rings. The van der Waals surface area contributed by atoms with Gasteiger partial charge in [-0.1, -0.05) is 72.3 Å². The molecule has 1 aliphatic rings. The van der Waals surface area contributed by atoms with E-state index in [2.05, 4.69) is 16.0 Å². The van der Waals surface area contributed by atoms with Crippen LogP contribution >= 0.6 is 23.8 Å². The maximum atomic E-state index is 13.6. The van der Waals surface area contributed by atoms with Crippen molar-refractivity contribution in [2.24, 2.45) is 5.92 Å². The fourth-order valence-corrected chi connectivity index (χ4v) is 3.98. The Morgan fingerprint density at radius 1 is 0.862 bits per heavy atom. The third-order valence-electron chi connectivity index (χ3n) is 4.98. The van der Waals surface area contributed by atoms with Gasteiger partial charge >= 0.3 is 0 Å². The van der Waals surface area contributed by atoms with Crippen LogP contribution in [0.1, 0.15) is 22.0 Å². The van der Waals surface area contributed by atoms with E-state index in [4.69, 9.17) is 23.8 Å². The average Bonchev–Trinajstić information content (AvgIpc) is 2.76. The molecule has 3 aromatic rings. The molecule has 0 unspecified atom stereocenters. The molecule has 6 heteroatoms. The van der Waals surface area contributed by atoms with Crippen LogP contribution in [0.5, 0.6) is 0 Å². The molecule has 1 saturated heterocycles. The van der Waals surface area contributed by atoms with E-state index >= 15 is 0 Å². The molecule has 0 bridgehead atoms. The molecule has 29 heavy (non-hydrogen) atoms. The predicted octanol–water partition coefficient (Wildman–Crippen LogP) is 4.80. The maximum absolute atomic E-state index is 13.6. The number of anilines is 1. The normalized spacial score (nSPS) is 21.0. The van der Waals surface area contributed by atoms with Crippen LogP contribution in [0, 0.1) is 5.92 Å². The smallest absolute Gasteiger partial charge is 0.172 e. The van der Waals surface area contributed by atoms with E-state index in [1.807, 2.05) is 84.9 Å². The van der Waals surface area contributed by atoms with E-state index in [9.17, 15) is 4.79 Å². The van der Waals surface area contributed by atoms with Crippen LogP contribution in [-0.2, 0) is 0 Å². The molecule has 0 aliphatic carbocycles. The minimum Gasteiger partial charge on any atom is -0.365 e. The highest BCUT2D eigenvalue weighted by Gasteiger charge is 2.41. The number of rotatable bonds is 5. The molecule has 4 rings (SSSR count). The minimum atomic E-state index is -0.429. The quantitative estimate of drug-likeness (QED) is 0.408. The van der Waals surface area contributed by atoms with Crippen molar-refractivity contribution in [2.45, 2.75) is 12.2 Å². The van der Waals surface area contributed by atoms with Gasteiger partial charge in [-0.15, -0.1) is 0 Å². The van der Waals surface area contributed by atoms with Gasteiger partial charge < -0.3 is 16.0 Å². The molecule has 146 valence electrons. The first-order valence-corrected chi connectivity index (χ1v) is 10.1. The number of carbonyl (C=O) groups excluding carboxylic acids is 1. The van der Waals surface area contributed by atoms with Crippen LogP contribution in [0.3, 0.4) is 0 Å². The molecule has 1 aliphatic heterocycles. The molecule has 0 spiro atoms. The Hall–Kier alpha value is -2.89. The number of thiocarbonyl (C=S) groups is 1. The fourth-order valence-electron chi connectivity index (χ4n) is 3.60. The number of carbonyl (C=O) groups is 1. The molecular weight excluding hydrogens is 402 g/mol. The summed E-state index contributed by atoms with van der Waals surface area (Å²) in [5.41, 5.74) is 2.53. The van der Waals surface area contributed by atoms with Gasteiger partial charge in [-0.2, -0.15) is 0 Å². The van der Waals surface area contributed by atoms with Crippen LogP contribution in [0.15, 0.2) is 84.9 Å². The second-order valence-corrected chi connectivity index (χ2v) is 7.74. The van der Waals surface area contributed by atoms with E-state index in [0.29, 0.717) is 15.7 Å². The van der Waals surface area contributed by atoms with E-state index in [0.717, 1.165) is 11.3 Å². The van der Waals surface area contributed by atoms with Crippen LogP contribution in [0.2, 0.25) is 5.02 Å². The van der Waals surface area contributed by atoms with Gasteiger partial charge in [0.15, 0.2) is 10.9 Å². The Bertz CT molecular complexity index is 996. The Morgan fingerprint density at radius 3 is 2.14 bits per heavy atom. The third-order valence-corrected chi connectivity index (χ3v) is 5.47. The van der Waals surface area contributed by atoms with Crippen molar-refractivity contribution in [3.05, 3.63) is 101 Å². The second-order valence-electron chi connectivity index (χ2n) is 6.89. The highest BCUT2D eigenvalue weighted by molar-refractivity contribution is 7.80. The standard InChI is InChI=1S/C23H20ClN3OS/c24-17-11-13-18(14-12-17)25-22-19(21(28)16-9-5-2-6-10-16)20(26-23(29)27-22)15-7-3-1-4-8-15/h1-14,19-20,22,25H,(H2,26,27,29)/t19-,20-,22-/m0/s1. The first-order valence-electron chi connectivity index (χ1n) is 9.35. The van der Waals surface area contributed by atoms with Crippen LogP contribution in [0.4, 0.5) is 5.69 Å². The van der Waals surface area contributed by atoms with Crippen molar-refractivity contribution < 1.29 is 4.79 Å². The molecule has 3 aromatic carbocycles. The molecular formula is C23H20ClN3OS. The van der Waals surface area contributed by atoms with Gasteiger partial charge in [-0.3, -0.25) is 4.79 Å². The molecule has 4 nitrogen and oxygen atoms in total. The van der Waals surface area contributed by atoms with Crippen molar-refractivity contribution in [3.63, 3.8) is 0 Å². The van der Waals surface area contributed by atoms with E-state index in [-0.39, 0.29) is 18.0 Å². The van der Waals surface area contributed by atoms with Crippen LogP contribution in [-0.4, -0.2) is 17.1 Å². The topological polar surface area (TPSA) is 53.2 Å². The lowest BCUT2D eigenvalue weighted by atomic mass is 9.83. The number of benzene rings is 3. The molecule has 0 amide bonds. The summed E-state index contributed by atoms with van der Waals surface area (Å²) in [7, 11) is 0. The monoisotopic (exact) mass is 421 g/mol.